The van der Waals surface area contributed by atoms with E-state index in [1.54, 1.807) is 20.8 Å². The first kappa shape index (κ1) is 13.8. The van der Waals surface area contributed by atoms with Crippen molar-refractivity contribution in [1.82, 2.24) is 0 Å². The minimum atomic E-state index is -4.35. The van der Waals surface area contributed by atoms with Crippen molar-refractivity contribution in [3.05, 3.63) is 29.8 Å². The van der Waals surface area contributed by atoms with Gasteiger partial charge in [0.25, 0.3) is 0 Å². The summed E-state index contributed by atoms with van der Waals surface area (Å²) in [6.45, 7) is 4.90. The monoisotopic (exact) mass is 247 g/mol. The van der Waals surface area contributed by atoms with Crippen LogP contribution in [-0.2, 0) is 6.18 Å². The third-order valence-corrected chi connectivity index (χ3v) is 2.63. The Morgan fingerprint density at radius 3 is 2.29 bits per heavy atom. The summed E-state index contributed by atoms with van der Waals surface area (Å²) in [5.74, 6) is 0. The first-order valence-electron chi connectivity index (χ1n) is 5.27. The van der Waals surface area contributed by atoms with E-state index in [2.05, 4.69) is 5.32 Å². The predicted molar refractivity (Wildman–Crippen MR) is 60.8 cm³/mol. The van der Waals surface area contributed by atoms with E-state index in [9.17, 15) is 18.3 Å². The second kappa shape index (κ2) is 4.56. The Bertz CT molecular complexity index is 382. The highest BCUT2D eigenvalue weighted by Gasteiger charge is 2.30. The maximum absolute atomic E-state index is 12.5. The summed E-state index contributed by atoms with van der Waals surface area (Å²) in [6.07, 6.45) is -4.35. The van der Waals surface area contributed by atoms with E-state index < -0.39 is 17.3 Å². The molecule has 96 valence electrons. The molecule has 1 rings (SSSR count). The van der Waals surface area contributed by atoms with E-state index in [0.717, 1.165) is 12.1 Å². The lowest BCUT2D eigenvalue weighted by Gasteiger charge is -2.27. The van der Waals surface area contributed by atoms with Gasteiger partial charge >= 0.3 is 6.18 Å². The van der Waals surface area contributed by atoms with Crippen molar-refractivity contribution in [2.75, 3.05) is 5.32 Å². The van der Waals surface area contributed by atoms with E-state index >= 15 is 0 Å². The molecule has 5 heteroatoms. The fraction of sp³-hybridized carbons (Fsp3) is 0.500. The first-order valence-corrected chi connectivity index (χ1v) is 5.27. The normalized spacial score (nSPS) is 14.5. The van der Waals surface area contributed by atoms with Gasteiger partial charge in [0.2, 0.25) is 0 Å². The van der Waals surface area contributed by atoms with Crippen LogP contribution in [0.4, 0.5) is 18.9 Å². The van der Waals surface area contributed by atoms with Gasteiger partial charge in [-0.05, 0) is 39.0 Å². The van der Waals surface area contributed by atoms with Crippen LogP contribution in [0.25, 0.3) is 0 Å². The van der Waals surface area contributed by atoms with Crippen LogP contribution in [0.15, 0.2) is 24.3 Å². The fourth-order valence-corrected chi connectivity index (χ4v) is 1.21. The number of halogens is 3. The number of anilines is 1. The van der Waals surface area contributed by atoms with E-state index in [4.69, 9.17) is 0 Å². The average molecular weight is 247 g/mol. The molecule has 0 saturated heterocycles. The van der Waals surface area contributed by atoms with E-state index in [-0.39, 0.29) is 6.04 Å². The standard InChI is InChI=1S/C12H16F3NO/c1-8(11(2,3)17)16-10-6-4-5-9(7-10)12(13,14)15/h4-8,16-17H,1-3H3. The van der Waals surface area contributed by atoms with Gasteiger partial charge in [-0.1, -0.05) is 6.07 Å². The summed E-state index contributed by atoms with van der Waals surface area (Å²) in [6, 6.07) is 4.56. The van der Waals surface area contributed by atoms with Gasteiger partial charge in [-0.2, -0.15) is 13.2 Å². The zero-order valence-electron chi connectivity index (χ0n) is 9.97. The van der Waals surface area contributed by atoms with Crippen molar-refractivity contribution < 1.29 is 18.3 Å². The molecule has 0 heterocycles. The zero-order valence-corrected chi connectivity index (χ0v) is 9.97. The molecule has 0 aliphatic carbocycles. The largest absolute Gasteiger partial charge is 0.416 e. The number of rotatable bonds is 3. The fourth-order valence-electron chi connectivity index (χ4n) is 1.21. The Balaban J connectivity index is 2.87. The molecule has 0 aliphatic heterocycles. The van der Waals surface area contributed by atoms with Crippen LogP contribution in [0, 0.1) is 0 Å². The number of aliphatic hydroxyl groups is 1. The number of hydrogen-bond donors (Lipinski definition) is 2. The van der Waals surface area contributed by atoms with Gasteiger partial charge in [-0.3, -0.25) is 0 Å². The van der Waals surface area contributed by atoms with Crippen LogP contribution in [-0.4, -0.2) is 16.7 Å². The summed E-state index contributed by atoms with van der Waals surface area (Å²) in [5.41, 5.74) is -1.37. The van der Waals surface area contributed by atoms with Crippen LogP contribution < -0.4 is 5.32 Å². The van der Waals surface area contributed by atoms with Gasteiger partial charge in [0.1, 0.15) is 0 Å². The molecule has 1 unspecified atom stereocenters. The highest BCUT2D eigenvalue weighted by Crippen LogP contribution is 2.31. The molecule has 0 bridgehead atoms. The van der Waals surface area contributed by atoms with Gasteiger partial charge in [-0.25, -0.2) is 0 Å². The van der Waals surface area contributed by atoms with Crippen LogP contribution >= 0.6 is 0 Å². The molecule has 2 nitrogen and oxygen atoms in total. The second-order valence-electron chi connectivity index (χ2n) is 4.60. The molecule has 0 aliphatic rings. The molecule has 2 N–H and O–H groups in total. The molecular formula is C12H16F3NO. The Morgan fingerprint density at radius 1 is 1.24 bits per heavy atom. The third-order valence-electron chi connectivity index (χ3n) is 2.63. The topological polar surface area (TPSA) is 32.3 Å². The Labute approximate surface area is 98.5 Å². The van der Waals surface area contributed by atoms with Gasteiger partial charge < -0.3 is 10.4 Å². The molecule has 0 saturated carbocycles. The maximum atomic E-state index is 12.5. The van der Waals surface area contributed by atoms with Crippen molar-refractivity contribution in [1.29, 1.82) is 0 Å². The quantitative estimate of drug-likeness (QED) is 0.859. The van der Waals surface area contributed by atoms with Crippen molar-refractivity contribution >= 4 is 5.69 Å². The summed E-state index contributed by atoms with van der Waals surface area (Å²) in [7, 11) is 0. The van der Waals surface area contributed by atoms with E-state index in [1.165, 1.54) is 12.1 Å². The van der Waals surface area contributed by atoms with Crippen molar-refractivity contribution in [2.24, 2.45) is 0 Å². The smallest absolute Gasteiger partial charge is 0.388 e. The van der Waals surface area contributed by atoms with Crippen molar-refractivity contribution in [3.8, 4) is 0 Å². The maximum Gasteiger partial charge on any atom is 0.416 e. The Hall–Kier alpha value is -1.23. The van der Waals surface area contributed by atoms with Gasteiger partial charge in [0.15, 0.2) is 0 Å². The highest BCUT2D eigenvalue weighted by molar-refractivity contribution is 5.47. The molecule has 0 fully saturated rings. The Morgan fingerprint density at radius 2 is 1.82 bits per heavy atom. The summed E-state index contributed by atoms with van der Waals surface area (Å²) in [4.78, 5) is 0. The molecule has 0 spiro atoms. The molecule has 0 aromatic heterocycles. The minimum Gasteiger partial charge on any atom is -0.388 e. The lowest BCUT2D eigenvalue weighted by molar-refractivity contribution is -0.137. The predicted octanol–water partition coefficient (Wildman–Crippen LogP) is 3.28. The summed E-state index contributed by atoms with van der Waals surface area (Å²) >= 11 is 0. The zero-order chi connectivity index (χ0) is 13.3. The number of benzene rings is 1. The van der Waals surface area contributed by atoms with Crippen molar-refractivity contribution in [2.45, 2.75) is 38.6 Å². The van der Waals surface area contributed by atoms with Crippen LogP contribution in [0.2, 0.25) is 0 Å². The van der Waals surface area contributed by atoms with Gasteiger partial charge in [-0.15, -0.1) is 0 Å². The average Bonchev–Trinajstić information content (AvgIpc) is 2.15. The van der Waals surface area contributed by atoms with Crippen LogP contribution in [0.1, 0.15) is 26.3 Å². The SMILES string of the molecule is CC(Nc1cccc(C(F)(F)F)c1)C(C)(C)O. The van der Waals surface area contributed by atoms with E-state index in [1.807, 2.05) is 0 Å². The minimum absolute atomic E-state index is 0.342. The summed E-state index contributed by atoms with van der Waals surface area (Å²) < 4.78 is 37.4. The number of nitrogens with one attached hydrogen (secondary N) is 1. The first-order chi connectivity index (χ1) is 7.60. The Kier molecular flexibility index (Phi) is 3.71. The third kappa shape index (κ3) is 3.93. The number of alkyl halides is 3. The van der Waals surface area contributed by atoms with E-state index in [0.29, 0.717) is 5.69 Å². The van der Waals surface area contributed by atoms with Crippen LogP contribution in [0.5, 0.6) is 0 Å². The molecule has 1 aromatic carbocycles. The molecule has 0 amide bonds. The lowest BCUT2D eigenvalue weighted by atomic mass is 10.0. The molecular weight excluding hydrogens is 231 g/mol. The number of hydrogen-bond acceptors (Lipinski definition) is 2. The molecule has 1 aromatic rings. The molecule has 0 radical (unpaired) electrons. The summed E-state index contributed by atoms with van der Waals surface area (Å²) in [5, 5.41) is 12.5. The second-order valence-corrected chi connectivity index (χ2v) is 4.60. The molecule has 17 heavy (non-hydrogen) atoms. The van der Waals surface area contributed by atoms with Gasteiger partial charge in [0, 0.05) is 5.69 Å². The van der Waals surface area contributed by atoms with Crippen molar-refractivity contribution in [3.63, 3.8) is 0 Å². The van der Waals surface area contributed by atoms with Crippen LogP contribution in [0.3, 0.4) is 0 Å². The highest BCUT2D eigenvalue weighted by atomic mass is 19.4. The molecule has 1 atom stereocenters. The lowest BCUT2D eigenvalue weighted by Crippen LogP contribution is -2.39. The van der Waals surface area contributed by atoms with Gasteiger partial charge in [0.05, 0.1) is 17.2 Å².